The Morgan fingerprint density at radius 2 is 1.73 bits per heavy atom. The highest BCUT2D eigenvalue weighted by molar-refractivity contribution is 9.10. The van der Waals surface area contributed by atoms with E-state index >= 15 is 0 Å². The lowest BCUT2D eigenvalue weighted by molar-refractivity contribution is 0.306. The van der Waals surface area contributed by atoms with E-state index in [0.717, 1.165) is 4.47 Å². The molecule has 0 fully saturated rings. The van der Waals surface area contributed by atoms with E-state index in [4.69, 9.17) is 37.1 Å². The lowest BCUT2D eigenvalue weighted by atomic mass is 10.2. The van der Waals surface area contributed by atoms with Crippen LogP contribution in [0.5, 0.6) is 17.2 Å². The molecule has 0 radical (unpaired) electrons. The van der Waals surface area contributed by atoms with Crippen molar-refractivity contribution >= 4 is 50.1 Å². The summed E-state index contributed by atoms with van der Waals surface area (Å²) in [6.45, 7) is 1.88. The number of aryl methyl sites for hydroxylation is 1. The average molecular weight is 506 g/mol. The van der Waals surface area contributed by atoms with Crippen molar-refractivity contribution in [3.05, 3.63) is 96.7 Å². The fourth-order valence-electron chi connectivity index (χ4n) is 2.94. The van der Waals surface area contributed by atoms with Crippen LogP contribution in [-0.4, -0.2) is 0 Å². The van der Waals surface area contributed by atoms with Crippen LogP contribution in [0, 0.1) is 6.92 Å². The van der Waals surface area contributed by atoms with Gasteiger partial charge >= 0.3 is 0 Å². The molecule has 0 aliphatic carbocycles. The van der Waals surface area contributed by atoms with Gasteiger partial charge in [0.25, 0.3) is 0 Å². The Hall–Kier alpha value is -2.47. The average Bonchev–Trinajstić information content (AvgIpc) is 2.72. The maximum atomic E-state index is 13.0. The lowest BCUT2D eigenvalue weighted by Crippen LogP contribution is -2.07. The largest absolute Gasteiger partial charge is 0.489 e. The second-order valence-corrected chi connectivity index (χ2v) is 8.16. The molecule has 4 aromatic rings. The molecule has 0 amide bonds. The topological polar surface area (TPSA) is 48.7 Å². The molecule has 4 rings (SSSR count). The van der Waals surface area contributed by atoms with Gasteiger partial charge in [-0.05, 0) is 59.3 Å². The van der Waals surface area contributed by atoms with Crippen LogP contribution in [0.15, 0.2) is 74.3 Å². The van der Waals surface area contributed by atoms with Crippen molar-refractivity contribution in [3.63, 3.8) is 0 Å². The van der Waals surface area contributed by atoms with Crippen molar-refractivity contribution in [2.75, 3.05) is 0 Å². The monoisotopic (exact) mass is 504 g/mol. The molecule has 0 atom stereocenters. The summed E-state index contributed by atoms with van der Waals surface area (Å²) in [5, 5.41) is 1.45. The minimum Gasteiger partial charge on any atom is -0.489 e. The van der Waals surface area contributed by atoms with E-state index in [-0.39, 0.29) is 17.8 Å². The van der Waals surface area contributed by atoms with Crippen molar-refractivity contribution in [2.45, 2.75) is 13.5 Å². The Kier molecular flexibility index (Phi) is 6.04. The molecule has 4 nitrogen and oxygen atoms in total. The van der Waals surface area contributed by atoms with E-state index in [2.05, 4.69) is 15.9 Å². The second kappa shape index (κ2) is 8.72. The molecule has 30 heavy (non-hydrogen) atoms. The molecule has 0 unspecified atom stereocenters. The van der Waals surface area contributed by atoms with Crippen molar-refractivity contribution in [3.8, 4) is 17.2 Å². The SMILES string of the molecule is Cc1oc2cc(OCc3c(Cl)cccc3Cl)ccc2c(=O)c1Oc1ccccc1Br. The van der Waals surface area contributed by atoms with Crippen LogP contribution in [0.3, 0.4) is 0 Å². The zero-order valence-corrected chi connectivity index (χ0v) is 18.8. The number of benzene rings is 3. The molecular formula is C23H15BrCl2O4. The van der Waals surface area contributed by atoms with Gasteiger partial charge in [0.15, 0.2) is 0 Å². The molecule has 152 valence electrons. The molecule has 0 N–H and O–H groups in total. The van der Waals surface area contributed by atoms with Gasteiger partial charge < -0.3 is 13.9 Å². The molecule has 3 aromatic carbocycles. The van der Waals surface area contributed by atoms with Crippen molar-refractivity contribution in [1.82, 2.24) is 0 Å². The number of para-hydroxylation sites is 1. The van der Waals surface area contributed by atoms with Gasteiger partial charge in [0.2, 0.25) is 11.2 Å². The first-order valence-electron chi connectivity index (χ1n) is 8.99. The Labute approximate surface area is 191 Å². The first kappa shape index (κ1) is 20.8. The molecule has 0 spiro atoms. The smallest absolute Gasteiger partial charge is 0.235 e. The maximum absolute atomic E-state index is 13.0. The lowest BCUT2D eigenvalue weighted by Gasteiger charge is -2.12. The van der Waals surface area contributed by atoms with E-state index in [1.54, 1.807) is 49.4 Å². The van der Waals surface area contributed by atoms with Crippen molar-refractivity contribution < 1.29 is 13.9 Å². The zero-order valence-electron chi connectivity index (χ0n) is 15.7. The number of hydrogen-bond acceptors (Lipinski definition) is 4. The van der Waals surface area contributed by atoms with E-state index in [1.165, 1.54) is 0 Å². The summed E-state index contributed by atoms with van der Waals surface area (Å²) in [7, 11) is 0. The van der Waals surface area contributed by atoms with Gasteiger partial charge in [-0.25, -0.2) is 0 Å². The highest BCUT2D eigenvalue weighted by Crippen LogP contribution is 2.32. The Bertz CT molecular complexity index is 1280. The number of fused-ring (bicyclic) bond motifs is 1. The summed E-state index contributed by atoms with van der Waals surface area (Å²) < 4.78 is 18.2. The summed E-state index contributed by atoms with van der Waals surface area (Å²) >= 11 is 15.8. The van der Waals surface area contributed by atoms with E-state index in [0.29, 0.717) is 43.8 Å². The van der Waals surface area contributed by atoms with Gasteiger partial charge in [-0.15, -0.1) is 0 Å². The predicted octanol–water partition coefficient (Wildman–Crippen LogP) is 7.54. The molecule has 0 bridgehead atoms. The third-order valence-electron chi connectivity index (χ3n) is 4.48. The Morgan fingerprint density at radius 1 is 1.00 bits per heavy atom. The van der Waals surface area contributed by atoms with Crippen LogP contribution >= 0.6 is 39.1 Å². The summed E-state index contributed by atoms with van der Waals surface area (Å²) in [5.41, 5.74) is 0.834. The minimum absolute atomic E-state index is 0.144. The predicted molar refractivity (Wildman–Crippen MR) is 122 cm³/mol. The third kappa shape index (κ3) is 4.19. The van der Waals surface area contributed by atoms with Gasteiger partial charge in [-0.2, -0.15) is 0 Å². The van der Waals surface area contributed by atoms with E-state index in [9.17, 15) is 4.79 Å². The summed E-state index contributed by atoms with van der Waals surface area (Å²) in [4.78, 5) is 13.0. The normalized spacial score (nSPS) is 10.9. The minimum atomic E-state index is -0.259. The first-order valence-corrected chi connectivity index (χ1v) is 10.5. The van der Waals surface area contributed by atoms with Gasteiger partial charge in [0.1, 0.15) is 29.4 Å². The fraction of sp³-hybridized carbons (Fsp3) is 0.0870. The van der Waals surface area contributed by atoms with Crippen LogP contribution in [0.4, 0.5) is 0 Å². The Morgan fingerprint density at radius 3 is 2.47 bits per heavy atom. The highest BCUT2D eigenvalue weighted by atomic mass is 79.9. The van der Waals surface area contributed by atoms with E-state index in [1.807, 2.05) is 18.2 Å². The second-order valence-electron chi connectivity index (χ2n) is 6.50. The molecular weight excluding hydrogens is 491 g/mol. The number of rotatable bonds is 5. The number of hydrogen-bond donors (Lipinski definition) is 0. The van der Waals surface area contributed by atoms with Crippen molar-refractivity contribution in [1.29, 1.82) is 0 Å². The van der Waals surface area contributed by atoms with Gasteiger partial charge in [-0.1, -0.05) is 41.4 Å². The van der Waals surface area contributed by atoms with Gasteiger partial charge in [0, 0.05) is 21.7 Å². The molecule has 0 saturated heterocycles. The zero-order chi connectivity index (χ0) is 21.3. The quantitative estimate of drug-likeness (QED) is 0.281. The number of halogens is 3. The standard InChI is InChI=1S/C23H15BrCl2O4/c1-13-23(30-20-8-3-2-5-17(20)24)22(27)15-10-9-14(11-21(15)29-13)28-12-16-18(25)6-4-7-19(16)26/h2-11H,12H2,1H3. The summed E-state index contributed by atoms with van der Waals surface area (Å²) in [6.07, 6.45) is 0. The maximum Gasteiger partial charge on any atom is 0.235 e. The first-order chi connectivity index (χ1) is 14.4. The number of ether oxygens (including phenoxy) is 2. The highest BCUT2D eigenvalue weighted by Gasteiger charge is 2.16. The van der Waals surface area contributed by atoms with Crippen LogP contribution in [0.25, 0.3) is 11.0 Å². The fourth-order valence-corrected chi connectivity index (χ4v) is 3.81. The molecule has 1 heterocycles. The molecule has 1 aromatic heterocycles. The Balaban J connectivity index is 1.64. The van der Waals surface area contributed by atoms with Gasteiger partial charge in [-0.3, -0.25) is 4.79 Å². The van der Waals surface area contributed by atoms with Crippen LogP contribution in [-0.2, 0) is 6.61 Å². The summed E-state index contributed by atoms with van der Waals surface area (Å²) in [6, 6.07) is 17.6. The van der Waals surface area contributed by atoms with Crippen molar-refractivity contribution in [2.24, 2.45) is 0 Å². The van der Waals surface area contributed by atoms with Gasteiger partial charge in [0.05, 0.1) is 9.86 Å². The van der Waals surface area contributed by atoms with Crippen LogP contribution in [0.1, 0.15) is 11.3 Å². The van der Waals surface area contributed by atoms with Crippen LogP contribution in [0.2, 0.25) is 10.0 Å². The van der Waals surface area contributed by atoms with Crippen LogP contribution < -0.4 is 14.9 Å². The molecule has 0 aliphatic heterocycles. The summed E-state index contributed by atoms with van der Waals surface area (Å²) in [5.74, 6) is 1.57. The third-order valence-corrected chi connectivity index (χ3v) is 5.84. The molecule has 7 heteroatoms. The molecule has 0 aliphatic rings. The van der Waals surface area contributed by atoms with E-state index < -0.39 is 0 Å². The molecule has 0 saturated carbocycles.